The van der Waals surface area contributed by atoms with Gasteiger partial charge in [-0.25, -0.2) is 0 Å². The molecule has 5 rings (SSSR count). The summed E-state index contributed by atoms with van der Waals surface area (Å²) < 4.78 is 0. The van der Waals surface area contributed by atoms with Gasteiger partial charge in [-0.1, -0.05) is 36.4 Å². The molecule has 0 aromatic heterocycles. The zero-order chi connectivity index (χ0) is 21.3. The Morgan fingerprint density at radius 2 is 1.90 bits per heavy atom. The van der Waals surface area contributed by atoms with Gasteiger partial charge in [-0.3, -0.25) is 9.89 Å². The van der Waals surface area contributed by atoms with Crippen molar-refractivity contribution in [2.45, 2.75) is 13.0 Å². The van der Waals surface area contributed by atoms with Crippen molar-refractivity contribution >= 4 is 5.71 Å². The predicted octanol–water partition coefficient (Wildman–Crippen LogP) is 3.37. The number of rotatable bonds is 3. The number of hydrogen-bond acceptors (Lipinski definition) is 5. The molecule has 3 aliphatic heterocycles. The topological polar surface area (TPSA) is 45.9 Å². The molecule has 0 N–H and O–H groups in total. The van der Waals surface area contributed by atoms with Gasteiger partial charge in [0.15, 0.2) is 0 Å². The first-order chi connectivity index (χ1) is 15.2. The SMILES string of the molecule is CN1CCN(C2=C3CN(Cc4ccccc4)CC34C/C(=C/C#N)C=CC4=NC=C2)CC1. The van der Waals surface area contributed by atoms with Gasteiger partial charge in [-0.2, -0.15) is 5.26 Å². The van der Waals surface area contributed by atoms with Crippen molar-refractivity contribution in [2.24, 2.45) is 10.4 Å². The van der Waals surface area contributed by atoms with Crippen LogP contribution in [0.4, 0.5) is 0 Å². The fourth-order valence-corrected chi connectivity index (χ4v) is 5.41. The Bertz CT molecular complexity index is 1030. The van der Waals surface area contributed by atoms with E-state index in [2.05, 4.69) is 76.4 Å². The zero-order valence-corrected chi connectivity index (χ0v) is 18.2. The van der Waals surface area contributed by atoms with E-state index in [4.69, 9.17) is 4.99 Å². The molecule has 3 heterocycles. The van der Waals surface area contributed by atoms with Gasteiger partial charge in [0.1, 0.15) is 0 Å². The van der Waals surface area contributed by atoms with E-state index in [9.17, 15) is 5.26 Å². The van der Waals surface area contributed by atoms with Crippen LogP contribution < -0.4 is 0 Å². The Balaban J connectivity index is 1.56. The third-order valence-corrected chi connectivity index (χ3v) is 7.00. The van der Waals surface area contributed by atoms with Crippen molar-refractivity contribution in [3.8, 4) is 6.07 Å². The molecule has 31 heavy (non-hydrogen) atoms. The van der Waals surface area contributed by atoms with Crippen LogP contribution in [0.1, 0.15) is 12.0 Å². The average molecular weight is 412 g/mol. The molecule has 0 saturated carbocycles. The van der Waals surface area contributed by atoms with Crippen molar-refractivity contribution in [1.29, 1.82) is 5.26 Å². The summed E-state index contributed by atoms with van der Waals surface area (Å²) in [7, 11) is 2.20. The van der Waals surface area contributed by atoms with E-state index < -0.39 is 0 Å². The lowest BCUT2D eigenvalue weighted by Gasteiger charge is -2.39. The first kappa shape index (κ1) is 20.0. The monoisotopic (exact) mass is 411 g/mol. The number of likely N-dealkylation sites (N-methyl/N-ethyl adjacent to an activating group) is 1. The highest BCUT2D eigenvalue weighted by Gasteiger charge is 2.49. The Morgan fingerprint density at radius 1 is 1.10 bits per heavy atom. The van der Waals surface area contributed by atoms with E-state index in [-0.39, 0.29) is 5.41 Å². The maximum absolute atomic E-state index is 9.30. The van der Waals surface area contributed by atoms with Crippen LogP contribution in [0.2, 0.25) is 0 Å². The van der Waals surface area contributed by atoms with Gasteiger partial charge in [-0.05, 0) is 42.3 Å². The molecule has 0 radical (unpaired) electrons. The van der Waals surface area contributed by atoms with Crippen molar-refractivity contribution in [3.63, 3.8) is 0 Å². The van der Waals surface area contributed by atoms with Crippen molar-refractivity contribution in [2.75, 3.05) is 46.3 Å². The number of aliphatic imine (C=N–C) groups is 1. The van der Waals surface area contributed by atoms with E-state index in [1.807, 2.05) is 6.20 Å². The average Bonchev–Trinajstić information content (AvgIpc) is 3.04. The van der Waals surface area contributed by atoms with Gasteiger partial charge >= 0.3 is 0 Å². The first-order valence-electron chi connectivity index (χ1n) is 11.1. The molecule has 1 atom stereocenters. The van der Waals surface area contributed by atoms with Crippen LogP contribution in [0, 0.1) is 16.7 Å². The standard InChI is InChI=1S/C26H29N5/c1-29-13-15-31(16-14-29)24-10-12-28-25-8-7-21(9-11-27)17-26(25)20-30(19-23(24)26)18-22-5-3-2-4-6-22/h2-10,12H,13-20H2,1H3/b21-9+. The lowest BCUT2D eigenvalue weighted by Crippen LogP contribution is -2.45. The molecule has 2 fully saturated rings. The molecule has 158 valence electrons. The van der Waals surface area contributed by atoms with Gasteiger partial charge in [0.2, 0.25) is 0 Å². The summed E-state index contributed by atoms with van der Waals surface area (Å²) >= 11 is 0. The summed E-state index contributed by atoms with van der Waals surface area (Å²) in [5.41, 5.74) is 6.22. The third-order valence-electron chi connectivity index (χ3n) is 7.00. The number of hydrogen-bond donors (Lipinski definition) is 0. The summed E-state index contributed by atoms with van der Waals surface area (Å²) in [5.74, 6) is 0. The Labute approximate surface area is 185 Å². The maximum Gasteiger partial charge on any atom is 0.0914 e. The van der Waals surface area contributed by atoms with Gasteiger partial charge in [-0.15, -0.1) is 0 Å². The quantitative estimate of drug-likeness (QED) is 0.716. The van der Waals surface area contributed by atoms with Crippen LogP contribution in [0.3, 0.4) is 0 Å². The minimum absolute atomic E-state index is 0.158. The van der Waals surface area contributed by atoms with Crippen molar-refractivity contribution in [3.05, 3.63) is 83.2 Å². The van der Waals surface area contributed by atoms with E-state index >= 15 is 0 Å². The van der Waals surface area contributed by atoms with Gasteiger partial charge in [0, 0.05) is 63.8 Å². The number of benzene rings is 1. The Hall–Kier alpha value is -2.94. The van der Waals surface area contributed by atoms with Gasteiger partial charge in [0.05, 0.1) is 17.2 Å². The summed E-state index contributed by atoms with van der Waals surface area (Å²) in [6, 6.07) is 13.0. The Morgan fingerprint density at radius 3 is 2.68 bits per heavy atom. The minimum Gasteiger partial charge on any atom is -0.369 e. The lowest BCUT2D eigenvalue weighted by molar-refractivity contribution is 0.188. The van der Waals surface area contributed by atoms with E-state index in [1.54, 1.807) is 6.08 Å². The second-order valence-electron chi connectivity index (χ2n) is 9.06. The summed E-state index contributed by atoms with van der Waals surface area (Å²) in [6.07, 6.45) is 11.0. The highest BCUT2D eigenvalue weighted by atomic mass is 15.3. The van der Waals surface area contributed by atoms with E-state index in [0.29, 0.717) is 0 Å². The predicted molar refractivity (Wildman–Crippen MR) is 124 cm³/mol. The number of piperazine rings is 1. The van der Waals surface area contributed by atoms with E-state index in [1.165, 1.54) is 16.8 Å². The molecule has 1 aromatic carbocycles. The first-order valence-corrected chi connectivity index (χ1v) is 11.1. The normalized spacial score (nSPS) is 27.7. The summed E-state index contributed by atoms with van der Waals surface area (Å²) in [4.78, 5) is 12.4. The fourth-order valence-electron chi connectivity index (χ4n) is 5.41. The lowest BCUT2D eigenvalue weighted by atomic mass is 9.69. The number of nitriles is 1. The van der Waals surface area contributed by atoms with Crippen LogP contribution in [0.5, 0.6) is 0 Å². The van der Waals surface area contributed by atoms with Crippen molar-refractivity contribution in [1.82, 2.24) is 14.7 Å². The maximum atomic E-state index is 9.30. The van der Waals surface area contributed by atoms with Gasteiger partial charge < -0.3 is 9.80 Å². The fraction of sp³-hybridized carbons (Fsp3) is 0.385. The molecule has 4 aliphatic rings. The summed E-state index contributed by atoms with van der Waals surface area (Å²) in [6.45, 7) is 7.05. The molecule has 5 nitrogen and oxygen atoms in total. The largest absolute Gasteiger partial charge is 0.369 e. The van der Waals surface area contributed by atoms with Crippen molar-refractivity contribution < 1.29 is 0 Å². The van der Waals surface area contributed by atoms with Crippen LogP contribution in [-0.2, 0) is 6.54 Å². The highest BCUT2D eigenvalue weighted by molar-refractivity contribution is 6.05. The van der Waals surface area contributed by atoms with Crippen LogP contribution in [0.25, 0.3) is 0 Å². The second-order valence-corrected chi connectivity index (χ2v) is 9.06. The molecule has 5 heteroatoms. The molecule has 1 aromatic rings. The molecule has 1 unspecified atom stereocenters. The third kappa shape index (κ3) is 3.78. The number of nitrogens with zero attached hydrogens (tertiary/aromatic N) is 5. The molecule has 1 spiro atoms. The summed E-state index contributed by atoms with van der Waals surface area (Å²) in [5, 5.41) is 9.30. The van der Waals surface area contributed by atoms with Crippen LogP contribution >= 0.6 is 0 Å². The number of likely N-dealkylation sites (tertiary alicyclic amines) is 1. The van der Waals surface area contributed by atoms with E-state index in [0.717, 1.165) is 63.5 Å². The zero-order valence-electron chi connectivity index (χ0n) is 18.2. The molecular weight excluding hydrogens is 382 g/mol. The molecule has 0 bridgehead atoms. The molecule has 1 aliphatic carbocycles. The molecule has 0 amide bonds. The minimum atomic E-state index is -0.158. The smallest absolute Gasteiger partial charge is 0.0914 e. The van der Waals surface area contributed by atoms with Crippen LogP contribution in [-0.4, -0.2) is 66.7 Å². The second kappa shape index (κ2) is 8.30. The van der Waals surface area contributed by atoms with Gasteiger partial charge in [0.25, 0.3) is 0 Å². The Kier molecular flexibility index (Phi) is 5.35. The highest BCUT2D eigenvalue weighted by Crippen LogP contribution is 2.48. The van der Waals surface area contributed by atoms with Crippen LogP contribution in [0.15, 0.2) is 82.7 Å². The molecular formula is C26H29N5. The number of allylic oxidation sites excluding steroid dienone is 5. The molecule has 2 saturated heterocycles.